The van der Waals surface area contributed by atoms with Gasteiger partial charge >= 0.3 is 13.8 Å². The second kappa shape index (κ2) is 39.1. The van der Waals surface area contributed by atoms with E-state index in [1.54, 1.807) is 36.5 Å². The average molecular weight is 782 g/mol. The van der Waals surface area contributed by atoms with E-state index >= 15 is 0 Å². The maximum absolute atomic E-state index is 12.6. The molecule has 0 aromatic rings. The van der Waals surface area contributed by atoms with Gasteiger partial charge in [0, 0.05) is 19.6 Å². The van der Waals surface area contributed by atoms with Crippen LogP contribution in [-0.4, -0.2) is 72.4 Å². The maximum Gasteiger partial charge on any atom is 0.472 e. The van der Waals surface area contributed by atoms with E-state index in [0.29, 0.717) is 25.9 Å². The van der Waals surface area contributed by atoms with E-state index in [4.69, 9.17) is 24.3 Å². The van der Waals surface area contributed by atoms with Crippen molar-refractivity contribution < 1.29 is 43.0 Å². The molecule has 0 heterocycles. The molecule has 11 heteroatoms. The topological polar surface area (TPSA) is 158 Å². The number of allylic oxidation sites excluding steroid dienone is 9. The minimum absolute atomic E-state index is 0.0181. The number of rotatable bonds is 38. The first kappa shape index (κ1) is 51.9. The molecule has 4 atom stereocenters. The Morgan fingerprint density at radius 3 is 1.94 bits per heavy atom. The molecular weight excluding hydrogens is 705 g/mol. The van der Waals surface area contributed by atoms with Gasteiger partial charge in [0.15, 0.2) is 0 Å². The first-order valence-corrected chi connectivity index (χ1v) is 22.2. The van der Waals surface area contributed by atoms with Crippen LogP contribution in [0, 0.1) is 0 Å². The molecule has 0 aromatic carbocycles. The van der Waals surface area contributed by atoms with Crippen molar-refractivity contribution in [3.8, 4) is 0 Å². The van der Waals surface area contributed by atoms with E-state index in [-0.39, 0.29) is 32.8 Å². The van der Waals surface area contributed by atoms with Crippen LogP contribution < -0.4 is 5.73 Å². The van der Waals surface area contributed by atoms with Crippen LogP contribution in [0.1, 0.15) is 142 Å². The summed E-state index contributed by atoms with van der Waals surface area (Å²) in [6.45, 7) is 4.38. The smallest absolute Gasteiger partial charge is 0.457 e. The third-order valence-corrected chi connectivity index (χ3v) is 9.28. The van der Waals surface area contributed by atoms with Gasteiger partial charge in [-0.2, -0.15) is 0 Å². The minimum Gasteiger partial charge on any atom is -0.457 e. The van der Waals surface area contributed by atoms with Crippen LogP contribution in [0.5, 0.6) is 0 Å². The second-order valence-corrected chi connectivity index (χ2v) is 15.0. The van der Waals surface area contributed by atoms with E-state index in [0.717, 1.165) is 38.5 Å². The normalized spacial score (nSPS) is 15.4. The van der Waals surface area contributed by atoms with Gasteiger partial charge in [-0.15, -0.1) is 0 Å². The molecule has 0 spiro atoms. The number of aliphatic hydroxyl groups is 2. The number of carbonyl (C=O) groups is 1. The molecule has 0 rings (SSSR count). The van der Waals surface area contributed by atoms with Gasteiger partial charge in [-0.05, 0) is 64.2 Å². The van der Waals surface area contributed by atoms with Crippen molar-refractivity contribution >= 4 is 13.8 Å². The predicted octanol–water partition coefficient (Wildman–Crippen LogP) is 9.91. The Labute approximate surface area is 328 Å². The first-order chi connectivity index (χ1) is 26.2. The number of ether oxygens (including phenoxy) is 2. The number of unbranched alkanes of at least 4 members (excludes halogenated alkanes) is 12. The van der Waals surface area contributed by atoms with E-state index in [2.05, 4.69) is 38.2 Å². The van der Waals surface area contributed by atoms with Gasteiger partial charge in [0.1, 0.15) is 6.10 Å². The van der Waals surface area contributed by atoms with E-state index in [1.807, 2.05) is 12.2 Å². The molecule has 54 heavy (non-hydrogen) atoms. The molecule has 0 aliphatic carbocycles. The molecule has 4 unspecified atom stereocenters. The lowest BCUT2D eigenvalue weighted by Crippen LogP contribution is -2.28. The zero-order chi connectivity index (χ0) is 39.8. The number of hydrogen-bond acceptors (Lipinski definition) is 9. The Morgan fingerprint density at radius 1 is 0.685 bits per heavy atom. The molecule has 312 valence electrons. The van der Waals surface area contributed by atoms with Gasteiger partial charge < -0.3 is 30.3 Å². The van der Waals surface area contributed by atoms with Crippen molar-refractivity contribution in [2.24, 2.45) is 5.73 Å². The summed E-state index contributed by atoms with van der Waals surface area (Å²) in [5.74, 6) is -0.521. The summed E-state index contributed by atoms with van der Waals surface area (Å²) in [5, 5.41) is 20.3. The molecule has 0 bridgehead atoms. The third kappa shape index (κ3) is 38.1. The van der Waals surface area contributed by atoms with Crippen molar-refractivity contribution in [2.45, 2.75) is 161 Å². The highest BCUT2D eigenvalue weighted by Crippen LogP contribution is 2.43. The van der Waals surface area contributed by atoms with Gasteiger partial charge in [-0.25, -0.2) is 4.57 Å². The van der Waals surface area contributed by atoms with Gasteiger partial charge in [-0.3, -0.25) is 13.8 Å². The van der Waals surface area contributed by atoms with Crippen LogP contribution in [-0.2, 0) is 27.9 Å². The largest absolute Gasteiger partial charge is 0.472 e. The monoisotopic (exact) mass is 782 g/mol. The van der Waals surface area contributed by atoms with Gasteiger partial charge in [0.2, 0.25) is 0 Å². The highest BCUT2D eigenvalue weighted by Gasteiger charge is 2.25. The molecule has 0 aromatic heterocycles. The van der Waals surface area contributed by atoms with Crippen molar-refractivity contribution in [3.63, 3.8) is 0 Å². The number of esters is 1. The zero-order valence-electron chi connectivity index (χ0n) is 33.7. The van der Waals surface area contributed by atoms with Crippen LogP contribution in [0.25, 0.3) is 0 Å². The van der Waals surface area contributed by atoms with Crippen LogP contribution >= 0.6 is 7.82 Å². The van der Waals surface area contributed by atoms with E-state index < -0.39 is 32.1 Å². The lowest BCUT2D eigenvalue weighted by atomic mass is 10.1. The Kier molecular flexibility index (Phi) is 37.6. The fourth-order valence-corrected chi connectivity index (χ4v) is 5.99. The van der Waals surface area contributed by atoms with E-state index in [1.165, 1.54) is 64.2 Å². The quantitative estimate of drug-likeness (QED) is 0.0156. The molecule has 0 aliphatic rings. The molecule has 0 amide bonds. The number of nitrogens with two attached hydrogens (primary N) is 1. The molecule has 5 N–H and O–H groups in total. The number of carbonyl (C=O) groups excluding carboxylic acids is 1. The first-order valence-electron chi connectivity index (χ1n) is 20.7. The molecular formula is C43H76NO9P. The number of phosphoric acid groups is 1. The number of aliphatic hydroxyl groups excluding tert-OH is 2. The molecule has 0 saturated carbocycles. The molecule has 0 radical (unpaired) electrons. The fraction of sp³-hybridized carbons (Fsp3) is 0.698. The van der Waals surface area contributed by atoms with Gasteiger partial charge in [0.05, 0.1) is 32.0 Å². The summed E-state index contributed by atoms with van der Waals surface area (Å²) in [6.07, 6.45) is 41.2. The Bertz CT molecular complexity index is 1090. The second-order valence-electron chi connectivity index (χ2n) is 13.5. The summed E-state index contributed by atoms with van der Waals surface area (Å²) in [7, 11) is -4.35. The van der Waals surface area contributed by atoms with Gasteiger partial charge in [-0.1, -0.05) is 145 Å². The average Bonchev–Trinajstić information content (AvgIpc) is 3.15. The highest BCUT2D eigenvalue weighted by atomic mass is 31.2. The Morgan fingerprint density at radius 2 is 1.30 bits per heavy atom. The summed E-state index contributed by atoms with van der Waals surface area (Å²) < 4.78 is 33.2. The van der Waals surface area contributed by atoms with Crippen molar-refractivity contribution in [1.29, 1.82) is 0 Å². The Balaban J connectivity index is 4.36. The number of phosphoric ester groups is 1. The van der Waals surface area contributed by atoms with Crippen molar-refractivity contribution in [2.75, 3.05) is 33.0 Å². The lowest BCUT2D eigenvalue weighted by Gasteiger charge is -2.20. The van der Waals surface area contributed by atoms with Crippen LogP contribution in [0.15, 0.2) is 72.9 Å². The van der Waals surface area contributed by atoms with Crippen molar-refractivity contribution in [1.82, 2.24) is 0 Å². The fourth-order valence-electron chi connectivity index (χ4n) is 5.23. The summed E-state index contributed by atoms with van der Waals surface area (Å²) in [4.78, 5) is 22.4. The van der Waals surface area contributed by atoms with Crippen LogP contribution in [0.4, 0.5) is 0 Å². The SMILES string of the molecule is CC/C=C\C/C=C\CC(O)/C=C/C=C\C=C\C(O)CCCC(=O)OC(COCCCCCCCC/C=C\CCCCCCCC)COP(=O)(O)OCCN. The highest BCUT2D eigenvalue weighted by molar-refractivity contribution is 7.47. The zero-order valence-corrected chi connectivity index (χ0v) is 34.5. The molecule has 0 aliphatic heterocycles. The van der Waals surface area contributed by atoms with Crippen molar-refractivity contribution in [3.05, 3.63) is 72.9 Å². The molecule has 10 nitrogen and oxygen atoms in total. The maximum atomic E-state index is 12.6. The molecule has 0 saturated heterocycles. The predicted molar refractivity (Wildman–Crippen MR) is 222 cm³/mol. The molecule has 0 fully saturated rings. The minimum atomic E-state index is -4.35. The van der Waals surface area contributed by atoms with Gasteiger partial charge in [0.25, 0.3) is 0 Å². The summed E-state index contributed by atoms with van der Waals surface area (Å²) in [6, 6.07) is 0. The third-order valence-electron chi connectivity index (χ3n) is 8.30. The van der Waals surface area contributed by atoms with Crippen LogP contribution in [0.3, 0.4) is 0 Å². The Hall–Kier alpha value is -2.14. The standard InChI is InChI=1S/C43H76NO9P/c1-3-5-7-9-11-12-13-14-15-16-17-18-19-20-24-28-36-50-38-42(39-52-54(48,49)51-37-35-44)53-43(47)34-29-33-41(46)32-27-23-22-26-31-40(45)30-25-21-10-8-6-4-2/h6,8,14-15,21-23,25-27,31-32,40-42,45-46H,3-5,7,9-13,16-20,24,28-30,33-39,44H2,1-2H3,(H,48,49)/b8-6-,15-14-,23-22-,25-21-,31-26+,32-27+. The van der Waals surface area contributed by atoms with Crippen LogP contribution in [0.2, 0.25) is 0 Å². The number of hydrogen-bond donors (Lipinski definition) is 4. The van der Waals surface area contributed by atoms with E-state index in [9.17, 15) is 24.5 Å². The summed E-state index contributed by atoms with van der Waals surface area (Å²) >= 11 is 0. The lowest BCUT2D eigenvalue weighted by molar-refractivity contribution is -0.154. The summed E-state index contributed by atoms with van der Waals surface area (Å²) in [5.41, 5.74) is 5.34.